The summed E-state index contributed by atoms with van der Waals surface area (Å²) in [5.74, 6) is -0.161. The van der Waals surface area contributed by atoms with Crippen molar-refractivity contribution in [1.29, 1.82) is 0 Å². The van der Waals surface area contributed by atoms with E-state index in [1.807, 2.05) is 0 Å². The lowest BCUT2D eigenvalue weighted by Gasteiger charge is -2.08. The van der Waals surface area contributed by atoms with E-state index in [4.69, 9.17) is 27.7 Å². The minimum Gasteiger partial charge on any atom is -0.360 e. The van der Waals surface area contributed by atoms with Crippen molar-refractivity contribution in [2.45, 2.75) is 6.92 Å². The van der Waals surface area contributed by atoms with Crippen molar-refractivity contribution in [2.75, 3.05) is 10.6 Å². The minimum absolute atomic E-state index is 0.0514. The second-order valence-electron chi connectivity index (χ2n) is 5.28. The zero-order valence-electron chi connectivity index (χ0n) is 13.4. The molecule has 0 unspecified atom stereocenters. The fourth-order valence-corrected chi connectivity index (χ4v) is 2.43. The predicted octanol–water partition coefficient (Wildman–Crippen LogP) is 4.19. The quantitative estimate of drug-likeness (QED) is 0.695. The van der Waals surface area contributed by atoms with Gasteiger partial charge in [-0.25, -0.2) is 0 Å². The van der Waals surface area contributed by atoms with Crippen molar-refractivity contribution in [3.8, 4) is 0 Å². The molecule has 0 fully saturated rings. The molecule has 2 amide bonds. The van der Waals surface area contributed by atoms with Gasteiger partial charge in [0.15, 0.2) is 5.82 Å². The van der Waals surface area contributed by atoms with Crippen molar-refractivity contribution in [3.63, 3.8) is 0 Å². The maximum atomic E-state index is 12.4. The predicted molar refractivity (Wildman–Crippen MR) is 97.8 cm³/mol. The van der Waals surface area contributed by atoms with Crippen molar-refractivity contribution >= 4 is 46.5 Å². The first-order chi connectivity index (χ1) is 12.4. The van der Waals surface area contributed by atoms with Gasteiger partial charge in [-0.15, -0.1) is 0 Å². The Balaban J connectivity index is 1.76. The zero-order valence-corrected chi connectivity index (χ0v) is 14.9. The molecule has 2 heterocycles. The zero-order chi connectivity index (χ0) is 18.7. The number of hydrogen-bond acceptors (Lipinski definition) is 5. The average molecular weight is 391 g/mol. The van der Waals surface area contributed by atoms with Crippen LogP contribution >= 0.6 is 23.2 Å². The van der Waals surface area contributed by atoms with E-state index in [0.717, 1.165) is 0 Å². The molecule has 3 rings (SSSR count). The van der Waals surface area contributed by atoms with Gasteiger partial charge in [-0.3, -0.25) is 14.6 Å². The molecule has 0 saturated heterocycles. The van der Waals surface area contributed by atoms with Crippen LogP contribution in [0.1, 0.15) is 26.6 Å². The molecule has 132 valence electrons. The molecule has 0 saturated carbocycles. The molecule has 2 aromatic heterocycles. The number of anilines is 2. The summed E-state index contributed by atoms with van der Waals surface area (Å²) in [6.07, 6.45) is 1.36. The molecule has 3 aromatic rings. The van der Waals surface area contributed by atoms with Crippen molar-refractivity contribution in [1.82, 2.24) is 10.1 Å². The van der Waals surface area contributed by atoms with Crippen LogP contribution in [-0.2, 0) is 0 Å². The summed E-state index contributed by atoms with van der Waals surface area (Å²) in [5.41, 5.74) is 0.651. The summed E-state index contributed by atoms with van der Waals surface area (Å²) in [6.45, 7) is 1.70. The summed E-state index contributed by atoms with van der Waals surface area (Å²) in [4.78, 5) is 28.6. The minimum atomic E-state index is -0.520. The second kappa shape index (κ2) is 7.55. The van der Waals surface area contributed by atoms with E-state index in [2.05, 4.69) is 20.8 Å². The third kappa shape index (κ3) is 4.19. The van der Waals surface area contributed by atoms with Crippen LogP contribution in [0.4, 0.5) is 11.5 Å². The van der Waals surface area contributed by atoms with Gasteiger partial charge in [-0.05, 0) is 37.3 Å². The first-order valence-corrected chi connectivity index (χ1v) is 8.15. The van der Waals surface area contributed by atoms with Crippen LogP contribution < -0.4 is 10.6 Å². The second-order valence-corrected chi connectivity index (χ2v) is 6.13. The Morgan fingerprint density at radius 1 is 1.04 bits per heavy atom. The van der Waals surface area contributed by atoms with Gasteiger partial charge in [-0.1, -0.05) is 28.4 Å². The average Bonchev–Trinajstić information content (AvgIpc) is 3.03. The molecule has 0 spiro atoms. The van der Waals surface area contributed by atoms with Gasteiger partial charge in [0.05, 0.1) is 10.7 Å². The lowest BCUT2D eigenvalue weighted by atomic mass is 10.2. The van der Waals surface area contributed by atoms with Crippen molar-refractivity contribution in [3.05, 3.63) is 69.7 Å². The SMILES string of the molecule is Cc1cc(NC(=O)c2cc(C(=O)Nc3cc(Cl)ccc3Cl)ccn2)no1. The lowest BCUT2D eigenvalue weighted by molar-refractivity contribution is 0.102. The molecule has 2 N–H and O–H groups in total. The highest BCUT2D eigenvalue weighted by Gasteiger charge is 2.14. The summed E-state index contributed by atoms with van der Waals surface area (Å²) >= 11 is 11.9. The van der Waals surface area contributed by atoms with Gasteiger partial charge >= 0.3 is 0 Å². The normalized spacial score (nSPS) is 10.4. The van der Waals surface area contributed by atoms with Gasteiger partial charge < -0.3 is 15.2 Å². The fourth-order valence-electron chi connectivity index (χ4n) is 2.09. The number of halogens is 2. The largest absolute Gasteiger partial charge is 0.360 e. The number of pyridine rings is 1. The molecule has 0 atom stereocenters. The number of benzene rings is 1. The first kappa shape index (κ1) is 17.9. The van der Waals surface area contributed by atoms with Crippen LogP contribution in [-0.4, -0.2) is 22.0 Å². The summed E-state index contributed by atoms with van der Waals surface area (Å²) in [6, 6.07) is 9.12. The van der Waals surface area contributed by atoms with Crippen LogP contribution in [0.25, 0.3) is 0 Å². The summed E-state index contributed by atoms with van der Waals surface area (Å²) < 4.78 is 4.88. The van der Waals surface area contributed by atoms with Crippen LogP contribution in [0, 0.1) is 6.92 Å². The van der Waals surface area contributed by atoms with E-state index in [1.54, 1.807) is 25.1 Å². The molecule has 9 heteroatoms. The highest BCUT2D eigenvalue weighted by molar-refractivity contribution is 6.35. The van der Waals surface area contributed by atoms with Crippen LogP contribution in [0.2, 0.25) is 10.0 Å². The molecular formula is C17H12Cl2N4O3. The van der Waals surface area contributed by atoms with Crippen LogP contribution in [0.15, 0.2) is 47.1 Å². The Labute approximate surface area is 158 Å². The van der Waals surface area contributed by atoms with Gasteiger partial charge in [-0.2, -0.15) is 0 Å². The van der Waals surface area contributed by atoms with Crippen molar-refractivity contribution in [2.24, 2.45) is 0 Å². The summed E-state index contributed by atoms with van der Waals surface area (Å²) in [7, 11) is 0. The van der Waals surface area contributed by atoms with E-state index < -0.39 is 11.8 Å². The number of rotatable bonds is 4. The van der Waals surface area contributed by atoms with Gasteiger partial charge in [0, 0.05) is 22.8 Å². The number of hydrogen-bond donors (Lipinski definition) is 2. The third-order valence-corrected chi connectivity index (χ3v) is 3.87. The Morgan fingerprint density at radius 3 is 2.58 bits per heavy atom. The Morgan fingerprint density at radius 2 is 1.85 bits per heavy atom. The third-order valence-electron chi connectivity index (χ3n) is 3.30. The summed E-state index contributed by atoms with van der Waals surface area (Å²) in [5, 5.41) is 9.63. The number of nitrogens with one attached hydrogen (secondary N) is 2. The molecule has 0 aliphatic rings. The molecule has 0 aliphatic carbocycles. The van der Waals surface area contributed by atoms with E-state index >= 15 is 0 Å². The Kier molecular flexibility index (Phi) is 5.20. The monoisotopic (exact) mass is 390 g/mol. The number of nitrogens with zero attached hydrogens (tertiary/aromatic N) is 2. The lowest BCUT2D eigenvalue weighted by Crippen LogP contribution is -2.17. The highest BCUT2D eigenvalue weighted by Crippen LogP contribution is 2.26. The number of carbonyl (C=O) groups excluding carboxylic acids is 2. The molecule has 26 heavy (non-hydrogen) atoms. The first-order valence-electron chi connectivity index (χ1n) is 7.39. The van der Waals surface area contributed by atoms with Crippen molar-refractivity contribution < 1.29 is 14.1 Å². The van der Waals surface area contributed by atoms with E-state index in [-0.39, 0.29) is 17.1 Å². The maximum absolute atomic E-state index is 12.4. The van der Waals surface area contributed by atoms with E-state index in [9.17, 15) is 9.59 Å². The Bertz CT molecular complexity index is 988. The fraction of sp³-hybridized carbons (Fsp3) is 0.0588. The topological polar surface area (TPSA) is 97.1 Å². The molecule has 0 bridgehead atoms. The highest BCUT2D eigenvalue weighted by atomic mass is 35.5. The molecular weight excluding hydrogens is 379 g/mol. The molecule has 1 aromatic carbocycles. The van der Waals surface area contributed by atoms with Gasteiger partial charge in [0.2, 0.25) is 0 Å². The van der Waals surface area contributed by atoms with E-state index in [1.165, 1.54) is 24.4 Å². The Hall–Kier alpha value is -2.90. The number of amides is 2. The molecule has 0 aliphatic heterocycles. The number of aromatic nitrogens is 2. The smallest absolute Gasteiger partial charge is 0.275 e. The van der Waals surface area contributed by atoms with Gasteiger partial charge in [0.1, 0.15) is 11.5 Å². The van der Waals surface area contributed by atoms with Gasteiger partial charge in [0.25, 0.3) is 11.8 Å². The maximum Gasteiger partial charge on any atom is 0.275 e. The van der Waals surface area contributed by atoms with Crippen LogP contribution in [0.5, 0.6) is 0 Å². The van der Waals surface area contributed by atoms with E-state index in [0.29, 0.717) is 21.5 Å². The standard InChI is InChI=1S/C17H12Cl2N4O3/c1-9-6-15(23-26-9)22-17(25)14-7-10(4-5-20-14)16(24)21-13-8-11(18)2-3-12(13)19/h2-8H,1H3,(H,21,24)(H,22,23,25). The molecule has 7 nitrogen and oxygen atoms in total. The number of carbonyl (C=O) groups is 2. The molecule has 0 radical (unpaired) electrons. The van der Waals surface area contributed by atoms with Crippen LogP contribution in [0.3, 0.4) is 0 Å². The number of aryl methyl sites for hydroxylation is 1.